The molecule has 0 aliphatic rings. The first-order valence-corrected chi connectivity index (χ1v) is 9.83. The van der Waals surface area contributed by atoms with Gasteiger partial charge in [-0.25, -0.2) is 9.18 Å². The molecular formula is C20H16ClFN2O5S. The van der Waals surface area contributed by atoms with E-state index in [9.17, 15) is 18.8 Å². The van der Waals surface area contributed by atoms with Crippen molar-refractivity contribution in [3.05, 3.63) is 75.8 Å². The zero-order valence-electron chi connectivity index (χ0n) is 15.7. The average molecular weight is 451 g/mol. The lowest BCUT2D eigenvalue weighted by Crippen LogP contribution is -2.31. The molecule has 0 aliphatic carbocycles. The van der Waals surface area contributed by atoms with Crippen LogP contribution in [-0.2, 0) is 16.1 Å². The van der Waals surface area contributed by atoms with Crippen LogP contribution in [0.2, 0.25) is 5.02 Å². The van der Waals surface area contributed by atoms with E-state index in [1.807, 2.05) is 0 Å². The van der Waals surface area contributed by atoms with E-state index in [4.69, 9.17) is 20.8 Å². The molecule has 30 heavy (non-hydrogen) atoms. The fourth-order valence-corrected chi connectivity index (χ4v) is 3.43. The number of hydrogen-bond acceptors (Lipinski definition) is 6. The number of nitrogens with one attached hydrogen (secondary N) is 1. The summed E-state index contributed by atoms with van der Waals surface area (Å²) in [5, 5.41) is 3.22. The van der Waals surface area contributed by atoms with E-state index in [2.05, 4.69) is 5.32 Å². The van der Waals surface area contributed by atoms with Gasteiger partial charge in [-0.2, -0.15) is 0 Å². The molecule has 0 spiro atoms. The number of amides is 2. The van der Waals surface area contributed by atoms with E-state index >= 15 is 0 Å². The smallest absolute Gasteiger partial charge is 0.348 e. The zero-order chi connectivity index (χ0) is 21.7. The Morgan fingerprint density at radius 1 is 1.20 bits per heavy atom. The fraction of sp³-hybridized carbons (Fsp3) is 0.150. The third-order valence-electron chi connectivity index (χ3n) is 4.00. The number of furan rings is 1. The summed E-state index contributed by atoms with van der Waals surface area (Å²) in [6.07, 6.45) is 1.38. The lowest BCUT2D eigenvalue weighted by atomic mass is 10.2. The van der Waals surface area contributed by atoms with Gasteiger partial charge >= 0.3 is 5.97 Å². The number of benzene rings is 1. The predicted octanol–water partition coefficient (Wildman–Crippen LogP) is 4.20. The number of likely N-dealkylation sites (N-methyl/N-ethyl adjacent to an activating group) is 1. The second kappa shape index (κ2) is 9.55. The van der Waals surface area contributed by atoms with E-state index in [1.165, 1.54) is 54.6 Å². The van der Waals surface area contributed by atoms with E-state index in [1.54, 1.807) is 6.07 Å². The number of hydrogen-bond donors (Lipinski definition) is 1. The van der Waals surface area contributed by atoms with E-state index in [0.29, 0.717) is 5.00 Å². The molecule has 0 radical (unpaired) electrons. The standard InChI is InChI=1S/C20H16ClFN2O5S/c1-24(10-12-13(21)4-2-5-14(12)22)18(25)11-29-20(27)16-7-8-17(30-16)23-19(26)15-6-3-9-28-15/h2-9H,10-11H2,1H3,(H,23,26). The Bertz CT molecular complexity index is 1050. The lowest BCUT2D eigenvalue weighted by Gasteiger charge is -2.18. The van der Waals surface area contributed by atoms with Crippen LogP contribution < -0.4 is 5.32 Å². The number of esters is 1. The molecule has 1 aromatic carbocycles. The number of anilines is 1. The number of thiophene rings is 1. The minimum absolute atomic E-state index is 0.0656. The van der Waals surface area contributed by atoms with Crippen molar-refractivity contribution in [3.8, 4) is 0 Å². The monoisotopic (exact) mass is 450 g/mol. The number of halogens is 2. The summed E-state index contributed by atoms with van der Waals surface area (Å²) in [5.41, 5.74) is 0.177. The summed E-state index contributed by atoms with van der Waals surface area (Å²) in [6, 6.07) is 10.3. The minimum Gasteiger partial charge on any atom is -0.459 e. The maximum Gasteiger partial charge on any atom is 0.348 e. The normalized spacial score (nSPS) is 10.5. The third kappa shape index (κ3) is 5.25. The van der Waals surface area contributed by atoms with Gasteiger partial charge in [-0.1, -0.05) is 17.7 Å². The van der Waals surface area contributed by atoms with Gasteiger partial charge in [-0.05, 0) is 36.4 Å². The predicted molar refractivity (Wildman–Crippen MR) is 109 cm³/mol. The lowest BCUT2D eigenvalue weighted by molar-refractivity contribution is -0.133. The first-order chi connectivity index (χ1) is 14.3. The fourth-order valence-electron chi connectivity index (χ4n) is 2.41. The highest BCUT2D eigenvalue weighted by atomic mass is 35.5. The largest absolute Gasteiger partial charge is 0.459 e. The van der Waals surface area contributed by atoms with Gasteiger partial charge < -0.3 is 19.4 Å². The highest BCUT2D eigenvalue weighted by Crippen LogP contribution is 2.24. The summed E-state index contributed by atoms with van der Waals surface area (Å²) in [5.74, 6) is -2.09. The molecule has 156 valence electrons. The van der Waals surface area contributed by atoms with Crippen LogP contribution >= 0.6 is 22.9 Å². The highest BCUT2D eigenvalue weighted by molar-refractivity contribution is 7.18. The van der Waals surface area contributed by atoms with Crippen molar-refractivity contribution in [1.82, 2.24) is 4.90 Å². The molecule has 3 rings (SSSR count). The van der Waals surface area contributed by atoms with Gasteiger partial charge in [-0.3, -0.25) is 9.59 Å². The van der Waals surface area contributed by atoms with Crippen LogP contribution in [0, 0.1) is 5.82 Å². The zero-order valence-corrected chi connectivity index (χ0v) is 17.3. The van der Waals surface area contributed by atoms with Crippen LogP contribution in [0.4, 0.5) is 9.39 Å². The Kier molecular flexibility index (Phi) is 6.86. The Hall–Kier alpha value is -3.17. The molecule has 2 aromatic heterocycles. The van der Waals surface area contributed by atoms with Gasteiger partial charge in [0.2, 0.25) is 0 Å². The quantitative estimate of drug-likeness (QED) is 0.545. The van der Waals surface area contributed by atoms with Gasteiger partial charge in [0.15, 0.2) is 12.4 Å². The van der Waals surface area contributed by atoms with Crippen LogP contribution in [0.3, 0.4) is 0 Å². The van der Waals surface area contributed by atoms with Gasteiger partial charge in [0.25, 0.3) is 11.8 Å². The molecule has 0 fully saturated rings. The van der Waals surface area contributed by atoms with Crippen molar-refractivity contribution >= 4 is 45.7 Å². The number of carbonyl (C=O) groups excluding carboxylic acids is 3. The third-order valence-corrected chi connectivity index (χ3v) is 5.33. The minimum atomic E-state index is -0.718. The molecule has 0 unspecified atom stereocenters. The van der Waals surface area contributed by atoms with Crippen molar-refractivity contribution in [2.45, 2.75) is 6.54 Å². The van der Waals surface area contributed by atoms with E-state index in [0.717, 1.165) is 11.3 Å². The average Bonchev–Trinajstić information content (AvgIpc) is 3.40. The second-order valence-electron chi connectivity index (χ2n) is 6.12. The summed E-state index contributed by atoms with van der Waals surface area (Å²) < 4.78 is 23.9. The molecule has 2 heterocycles. The van der Waals surface area contributed by atoms with E-state index < -0.39 is 30.2 Å². The Labute approximate surface area is 180 Å². The van der Waals surface area contributed by atoms with Crippen molar-refractivity contribution in [2.75, 3.05) is 19.0 Å². The Morgan fingerprint density at radius 2 is 2.00 bits per heavy atom. The molecule has 0 saturated heterocycles. The van der Waals surface area contributed by atoms with Crippen molar-refractivity contribution in [2.24, 2.45) is 0 Å². The maximum atomic E-state index is 13.9. The van der Waals surface area contributed by atoms with Gasteiger partial charge in [-0.15, -0.1) is 11.3 Å². The van der Waals surface area contributed by atoms with Crippen LogP contribution in [0.15, 0.2) is 53.1 Å². The molecule has 7 nitrogen and oxygen atoms in total. The molecule has 0 bridgehead atoms. The van der Waals surface area contributed by atoms with Gasteiger partial charge in [0.1, 0.15) is 10.7 Å². The second-order valence-corrected chi connectivity index (χ2v) is 7.61. The number of nitrogens with zero attached hydrogens (tertiary/aromatic N) is 1. The molecule has 1 N–H and O–H groups in total. The van der Waals surface area contributed by atoms with Crippen LogP contribution in [0.1, 0.15) is 25.8 Å². The van der Waals surface area contributed by atoms with Crippen molar-refractivity contribution in [3.63, 3.8) is 0 Å². The topological polar surface area (TPSA) is 88.9 Å². The Morgan fingerprint density at radius 3 is 2.70 bits per heavy atom. The van der Waals surface area contributed by atoms with Crippen molar-refractivity contribution in [1.29, 1.82) is 0 Å². The number of rotatable bonds is 7. The van der Waals surface area contributed by atoms with Crippen LogP contribution in [0.25, 0.3) is 0 Å². The first-order valence-electron chi connectivity index (χ1n) is 8.64. The van der Waals surface area contributed by atoms with Gasteiger partial charge in [0.05, 0.1) is 11.3 Å². The number of ether oxygens (including phenoxy) is 1. The summed E-state index contributed by atoms with van der Waals surface area (Å²) in [4.78, 5) is 37.7. The molecular weight excluding hydrogens is 435 g/mol. The molecule has 0 aliphatic heterocycles. The molecule has 10 heteroatoms. The molecule has 0 saturated carbocycles. The summed E-state index contributed by atoms with van der Waals surface area (Å²) >= 11 is 6.95. The number of carbonyl (C=O) groups is 3. The van der Waals surface area contributed by atoms with Gasteiger partial charge in [0, 0.05) is 24.2 Å². The SMILES string of the molecule is CN(Cc1c(F)cccc1Cl)C(=O)COC(=O)c1ccc(NC(=O)c2ccco2)s1. The van der Waals surface area contributed by atoms with E-state index in [-0.39, 0.29) is 27.8 Å². The van der Waals surface area contributed by atoms with Crippen molar-refractivity contribution < 1.29 is 27.9 Å². The van der Waals surface area contributed by atoms with Crippen LogP contribution in [0.5, 0.6) is 0 Å². The molecule has 2 amide bonds. The molecule has 3 aromatic rings. The maximum absolute atomic E-state index is 13.9. The Balaban J connectivity index is 1.52. The highest BCUT2D eigenvalue weighted by Gasteiger charge is 2.18. The van der Waals surface area contributed by atoms with Crippen LogP contribution in [-0.4, -0.2) is 36.3 Å². The molecule has 0 atom stereocenters. The summed E-state index contributed by atoms with van der Waals surface area (Å²) in [6.45, 7) is -0.586. The summed E-state index contributed by atoms with van der Waals surface area (Å²) in [7, 11) is 1.45. The first kappa shape index (κ1) is 21.5.